The number of hydrogen-bond donors (Lipinski definition) is 2. The molecular formula is C18H18F2N2O. The highest BCUT2D eigenvalue weighted by atomic mass is 19.2. The topological polar surface area (TPSA) is 41.1 Å². The van der Waals surface area contributed by atoms with E-state index in [0.717, 1.165) is 25.0 Å². The van der Waals surface area contributed by atoms with E-state index in [1.807, 2.05) is 12.1 Å². The van der Waals surface area contributed by atoms with E-state index in [4.69, 9.17) is 0 Å². The first-order valence-electron chi connectivity index (χ1n) is 7.64. The van der Waals surface area contributed by atoms with E-state index in [9.17, 15) is 13.6 Å². The van der Waals surface area contributed by atoms with Gasteiger partial charge in [0.05, 0.1) is 6.04 Å². The highest BCUT2D eigenvalue weighted by Crippen LogP contribution is 2.31. The number of rotatable bonds is 4. The van der Waals surface area contributed by atoms with Gasteiger partial charge in [-0.1, -0.05) is 24.3 Å². The summed E-state index contributed by atoms with van der Waals surface area (Å²) in [6.07, 6.45) is 1.94. The largest absolute Gasteiger partial charge is 0.325 e. The Hall–Kier alpha value is -2.27. The van der Waals surface area contributed by atoms with Crippen molar-refractivity contribution in [1.82, 2.24) is 5.32 Å². The Bertz CT molecular complexity index is 733. The third kappa shape index (κ3) is 3.40. The molecule has 2 aromatic carbocycles. The van der Waals surface area contributed by atoms with Crippen LogP contribution in [0.3, 0.4) is 0 Å². The van der Waals surface area contributed by atoms with E-state index in [1.165, 1.54) is 17.2 Å². The number of anilines is 1. The molecule has 0 fully saturated rings. The summed E-state index contributed by atoms with van der Waals surface area (Å²) in [5.74, 6) is -2.19. The third-order valence-electron chi connectivity index (χ3n) is 4.16. The normalized spacial score (nSPS) is 17.6. The summed E-state index contributed by atoms with van der Waals surface area (Å²) in [5.41, 5.74) is 2.77. The fraction of sp³-hybridized carbons (Fsp3) is 0.278. The van der Waals surface area contributed by atoms with E-state index in [-0.39, 0.29) is 17.6 Å². The molecule has 0 heterocycles. The molecule has 23 heavy (non-hydrogen) atoms. The highest BCUT2D eigenvalue weighted by Gasteiger charge is 2.25. The lowest BCUT2D eigenvalue weighted by Crippen LogP contribution is -2.39. The van der Waals surface area contributed by atoms with Crippen molar-refractivity contribution in [2.24, 2.45) is 0 Å². The molecule has 0 saturated heterocycles. The first-order valence-corrected chi connectivity index (χ1v) is 7.64. The molecule has 120 valence electrons. The molecule has 0 aliphatic heterocycles. The van der Waals surface area contributed by atoms with Gasteiger partial charge >= 0.3 is 0 Å². The van der Waals surface area contributed by atoms with Crippen molar-refractivity contribution in [3.8, 4) is 0 Å². The molecule has 1 aliphatic rings. The van der Waals surface area contributed by atoms with Gasteiger partial charge in [-0.3, -0.25) is 10.1 Å². The van der Waals surface area contributed by atoms with E-state index in [0.29, 0.717) is 0 Å². The van der Waals surface area contributed by atoms with Crippen LogP contribution in [0, 0.1) is 11.6 Å². The standard InChI is InChI=1S/C18H18F2N2O/c1-11(18(23)22-13-7-8-15(19)16(20)10-13)21-17-9-6-12-4-2-3-5-14(12)17/h2-5,7-8,10-11,17,21H,6,9H2,1H3,(H,22,23)/t11-,17+/m1/s1. The highest BCUT2D eigenvalue weighted by molar-refractivity contribution is 5.94. The second-order valence-electron chi connectivity index (χ2n) is 5.80. The van der Waals surface area contributed by atoms with Gasteiger partial charge in [0.25, 0.3) is 0 Å². The average Bonchev–Trinajstić information content (AvgIpc) is 2.94. The van der Waals surface area contributed by atoms with Gasteiger partial charge in [-0.25, -0.2) is 8.78 Å². The fourth-order valence-electron chi connectivity index (χ4n) is 2.93. The Morgan fingerprint density at radius 2 is 1.96 bits per heavy atom. The molecule has 0 radical (unpaired) electrons. The van der Waals surface area contributed by atoms with E-state index >= 15 is 0 Å². The second kappa shape index (κ2) is 6.46. The SMILES string of the molecule is C[C@@H](N[C@H]1CCc2ccccc21)C(=O)Nc1ccc(F)c(F)c1. The van der Waals surface area contributed by atoms with Gasteiger partial charge in [-0.15, -0.1) is 0 Å². The fourth-order valence-corrected chi connectivity index (χ4v) is 2.93. The van der Waals surface area contributed by atoms with Gasteiger partial charge in [0.1, 0.15) is 0 Å². The molecule has 0 unspecified atom stereocenters. The summed E-state index contributed by atoms with van der Waals surface area (Å²) in [6, 6.07) is 11.2. The number of carbonyl (C=O) groups excluding carboxylic acids is 1. The van der Waals surface area contributed by atoms with Crippen LogP contribution in [0.1, 0.15) is 30.5 Å². The molecule has 2 atom stereocenters. The van der Waals surface area contributed by atoms with Gasteiger partial charge in [0.15, 0.2) is 11.6 Å². The van der Waals surface area contributed by atoms with E-state index < -0.39 is 17.7 Å². The van der Waals surface area contributed by atoms with Crippen LogP contribution >= 0.6 is 0 Å². The predicted molar refractivity (Wildman–Crippen MR) is 85.1 cm³/mol. The number of amides is 1. The summed E-state index contributed by atoms with van der Waals surface area (Å²) in [4.78, 5) is 12.2. The first-order chi connectivity index (χ1) is 11.0. The molecule has 3 rings (SSSR count). The van der Waals surface area contributed by atoms with E-state index in [2.05, 4.69) is 22.8 Å². The molecule has 0 aromatic heterocycles. The lowest BCUT2D eigenvalue weighted by molar-refractivity contribution is -0.118. The minimum Gasteiger partial charge on any atom is -0.325 e. The molecule has 1 aliphatic carbocycles. The van der Waals surface area contributed by atoms with Gasteiger partial charge in [0, 0.05) is 17.8 Å². The maximum atomic E-state index is 13.2. The summed E-state index contributed by atoms with van der Waals surface area (Å²) in [7, 11) is 0. The van der Waals surface area contributed by atoms with Crippen molar-refractivity contribution in [3.63, 3.8) is 0 Å². The number of hydrogen-bond acceptors (Lipinski definition) is 2. The molecule has 0 spiro atoms. The Morgan fingerprint density at radius 3 is 2.74 bits per heavy atom. The maximum Gasteiger partial charge on any atom is 0.241 e. The van der Waals surface area contributed by atoms with Crippen molar-refractivity contribution in [3.05, 3.63) is 65.2 Å². The van der Waals surface area contributed by atoms with Gasteiger partial charge in [-0.05, 0) is 43.0 Å². The van der Waals surface area contributed by atoms with Crippen LogP contribution in [0.15, 0.2) is 42.5 Å². The zero-order valence-electron chi connectivity index (χ0n) is 12.8. The van der Waals surface area contributed by atoms with Crippen molar-refractivity contribution < 1.29 is 13.6 Å². The number of benzene rings is 2. The average molecular weight is 316 g/mol. The van der Waals surface area contributed by atoms with Crippen LogP contribution in [0.4, 0.5) is 14.5 Å². The number of halogens is 2. The van der Waals surface area contributed by atoms with Gasteiger partial charge in [0.2, 0.25) is 5.91 Å². The minimum absolute atomic E-state index is 0.136. The third-order valence-corrected chi connectivity index (χ3v) is 4.16. The van der Waals surface area contributed by atoms with Crippen LogP contribution in [0.25, 0.3) is 0 Å². The number of aryl methyl sites for hydroxylation is 1. The lowest BCUT2D eigenvalue weighted by atomic mass is 10.1. The Morgan fingerprint density at radius 1 is 1.17 bits per heavy atom. The Balaban J connectivity index is 1.63. The quantitative estimate of drug-likeness (QED) is 0.905. The van der Waals surface area contributed by atoms with Crippen molar-refractivity contribution in [1.29, 1.82) is 0 Å². The second-order valence-corrected chi connectivity index (χ2v) is 5.80. The molecule has 3 nitrogen and oxygen atoms in total. The number of carbonyl (C=O) groups is 1. The summed E-state index contributed by atoms with van der Waals surface area (Å²) >= 11 is 0. The molecule has 2 N–H and O–H groups in total. The molecule has 0 bridgehead atoms. The lowest BCUT2D eigenvalue weighted by Gasteiger charge is -2.20. The molecule has 5 heteroatoms. The molecule has 1 amide bonds. The van der Waals surface area contributed by atoms with Crippen LogP contribution in [-0.4, -0.2) is 11.9 Å². The van der Waals surface area contributed by atoms with Crippen LogP contribution < -0.4 is 10.6 Å². The summed E-state index contributed by atoms with van der Waals surface area (Å²) in [6.45, 7) is 1.76. The summed E-state index contributed by atoms with van der Waals surface area (Å²) < 4.78 is 26.1. The van der Waals surface area contributed by atoms with Crippen LogP contribution in [0.5, 0.6) is 0 Å². The number of nitrogens with one attached hydrogen (secondary N) is 2. The Labute approximate surface area is 133 Å². The van der Waals surface area contributed by atoms with Gasteiger partial charge < -0.3 is 5.32 Å². The van der Waals surface area contributed by atoms with E-state index in [1.54, 1.807) is 6.92 Å². The summed E-state index contributed by atoms with van der Waals surface area (Å²) in [5, 5.41) is 5.90. The van der Waals surface area contributed by atoms with Crippen molar-refractivity contribution >= 4 is 11.6 Å². The predicted octanol–water partition coefficient (Wildman–Crippen LogP) is 3.57. The van der Waals surface area contributed by atoms with Gasteiger partial charge in [-0.2, -0.15) is 0 Å². The Kier molecular flexibility index (Phi) is 4.39. The monoisotopic (exact) mass is 316 g/mol. The first kappa shape index (κ1) is 15.6. The number of fused-ring (bicyclic) bond motifs is 1. The minimum atomic E-state index is -0.979. The van der Waals surface area contributed by atoms with Crippen molar-refractivity contribution in [2.45, 2.75) is 31.8 Å². The van der Waals surface area contributed by atoms with Crippen molar-refractivity contribution in [2.75, 3.05) is 5.32 Å². The molecular weight excluding hydrogens is 298 g/mol. The maximum absolute atomic E-state index is 13.2. The molecule has 0 saturated carbocycles. The molecule has 2 aromatic rings. The van der Waals surface area contributed by atoms with Crippen LogP contribution in [-0.2, 0) is 11.2 Å². The smallest absolute Gasteiger partial charge is 0.241 e. The zero-order valence-corrected chi connectivity index (χ0v) is 12.8. The zero-order chi connectivity index (χ0) is 16.4. The van der Waals surface area contributed by atoms with Crippen LogP contribution in [0.2, 0.25) is 0 Å².